The van der Waals surface area contributed by atoms with Crippen molar-refractivity contribution in [3.05, 3.63) is 42.7 Å². The Hall–Kier alpha value is -2.30. The Bertz CT molecular complexity index is 535. The molecule has 5 heteroatoms. The zero-order valence-electron chi connectivity index (χ0n) is 10.7. The van der Waals surface area contributed by atoms with Gasteiger partial charge in [-0.2, -0.15) is 0 Å². The number of rotatable bonds is 2. The first-order valence-corrected chi connectivity index (χ1v) is 6.46. The molecule has 98 valence electrons. The van der Waals surface area contributed by atoms with Gasteiger partial charge in [0.05, 0.1) is 0 Å². The van der Waals surface area contributed by atoms with Crippen molar-refractivity contribution >= 4 is 17.3 Å². The van der Waals surface area contributed by atoms with Crippen molar-refractivity contribution in [2.24, 2.45) is 0 Å². The molecule has 1 fully saturated rings. The highest BCUT2D eigenvalue weighted by Gasteiger charge is 2.19. The lowest BCUT2D eigenvalue weighted by Crippen LogP contribution is -2.47. The number of anilines is 3. The minimum atomic E-state index is 0.510. The molecule has 1 aromatic heterocycles. The largest absolute Gasteiger partial charge is 0.381 e. The van der Waals surface area contributed by atoms with Crippen molar-refractivity contribution in [3.8, 4) is 0 Å². The molecule has 0 spiro atoms. The molecule has 19 heavy (non-hydrogen) atoms. The van der Waals surface area contributed by atoms with Gasteiger partial charge < -0.3 is 15.5 Å². The molecule has 0 bridgehead atoms. The summed E-state index contributed by atoms with van der Waals surface area (Å²) in [7, 11) is 0. The quantitative estimate of drug-likeness (QED) is 0.878. The summed E-state index contributed by atoms with van der Waals surface area (Å²) in [6.07, 6.45) is 3.31. The van der Waals surface area contributed by atoms with Crippen LogP contribution in [0.4, 0.5) is 17.3 Å². The number of para-hydroxylation sites is 1. The molecule has 0 atom stereocenters. The van der Waals surface area contributed by atoms with Crippen LogP contribution in [-0.4, -0.2) is 36.1 Å². The standard InChI is InChI=1S/C14H17N5/c15-13-14(17-7-6-16-13)19-10-8-18(9-11-19)12-4-2-1-3-5-12/h1-7H,8-11H2,(H2,15,16). The average molecular weight is 255 g/mol. The molecule has 0 saturated carbocycles. The van der Waals surface area contributed by atoms with E-state index in [1.165, 1.54) is 5.69 Å². The van der Waals surface area contributed by atoms with E-state index in [1.807, 2.05) is 6.07 Å². The summed E-state index contributed by atoms with van der Waals surface area (Å²) in [5.41, 5.74) is 7.14. The Morgan fingerprint density at radius 2 is 1.47 bits per heavy atom. The van der Waals surface area contributed by atoms with Crippen molar-refractivity contribution in [3.63, 3.8) is 0 Å². The van der Waals surface area contributed by atoms with Gasteiger partial charge in [-0.05, 0) is 12.1 Å². The van der Waals surface area contributed by atoms with E-state index in [1.54, 1.807) is 12.4 Å². The van der Waals surface area contributed by atoms with Gasteiger partial charge in [0.1, 0.15) is 0 Å². The molecule has 1 aliphatic heterocycles. The van der Waals surface area contributed by atoms with Crippen LogP contribution in [0.15, 0.2) is 42.7 Å². The normalized spacial score (nSPS) is 15.6. The van der Waals surface area contributed by atoms with Crippen LogP contribution in [0.25, 0.3) is 0 Å². The lowest BCUT2D eigenvalue weighted by molar-refractivity contribution is 0.647. The summed E-state index contributed by atoms with van der Waals surface area (Å²) in [6.45, 7) is 3.77. The fraction of sp³-hybridized carbons (Fsp3) is 0.286. The highest BCUT2D eigenvalue weighted by molar-refractivity contribution is 5.58. The molecule has 0 amide bonds. The van der Waals surface area contributed by atoms with Crippen LogP contribution >= 0.6 is 0 Å². The highest BCUT2D eigenvalue weighted by Crippen LogP contribution is 2.21. The minimum absolute atomic E-state index is 0.510. The number of nitrogens with two attached hydrogens (primary N) is 1. The van der Waals surface area contributed by atoms with Crippen molar-refractivity contribution in [2.75, 3.05) is 41.7 Å². The van der Waals surface area contributed by atoms with Crippen LogP contribution < -0.4 is 15.5 Å². The highest BCUT2D eigenvalue weighted by atomic mass is 15.3. The summed E-state index contributed by atoms with van der Waals surface area (Å²) in [6, 6.07) is 10.5. The molecular formula is C14H17N5. The number of piperazine rings is 1. The van der Waals surface area contributed by atoms with Gasteiger partial charge in [0.2, 0.25) is 0 Å². The van der Waals surface area contributed by atoms with Gasteiger partial charge in [-0.15, -0.1) is 0 Å². The van der Waals surface area contributed by atoms with Gasteiger partial charge in [0, 0.05) is 44.3 Å². The zero-order chi connectivity index (χ0) is 13.1. The lowest BCUT2D eigenvalue weighted by Gasteiger charge is -2.36. The molecule has 0 unspecified atom stereocenters. The molecule has 1 aromatic carbocycles. The Morgan fingerprint density at radius 3 is 2.16 bits per heavy atom. The number of hydrogen-bond donors (Lipinski definition) is 1. The van der Waals surface area contributed by atoms with Gasteiger partial charge >= 0.3 is 0 Å². The van der Waals surface area contributed by atoms with E-state index in [4.69, 9.17) is 5.73 Å². The first-order chi connectivity index (χ1) is 9.34. The maximum absolute atomic E-state index is 5.87. The van der Waals surface area contributed by atoms with E-state index in [9.17, 15) is 0 Å². The van der Waals surface area contributed by atoms with E-state index in [-0.39, 0.29) is 0 Å². The Balaban J connectivity index is 1.69. The van der Waals surface area contributed by atoms with Gasteiger partial charge in [0.15, 0.2) is 11.6 Å². The van der Waals surface area contributed by atoms with Crippen molar-refractivity contribution in [1.29, 1.82) is 0 Å². The molecule has 2 N–H and O–H groups in total. The number of hydrogen-bond acceptors (Lipinski definition) is 5. The Morgan fingerprint density at radius 1 is 0.842 bits per heavy atom. The van der Waals surface area contributed by atoms with Crippen molar-refractivity contribution in [1.82, 2.24) is 9.97 Å². The first-order valence-electron chi connectivity index (χ1n) is 6.46. The van der Waals surface area contributed by atoms with Crippen molar-refractivity contribution < 1.29 is 0 Å². The maximum Gasteiger partial charge on any atom is 0.171 e. The van der Waals surface area contributed by atoms with Crippen LogP contribution in [0.5, 0.6) is 0 Å². The van der Waals surface area contributed by atoms with Crippen LogP contribution in [0.3, 0.4) is 0 Å². The van der Waals surface area contributed by atoms with Crippen LogP contribution in [0.2, 0.25) is 0 Å². The first kappa shape index (κ1) is 11.8. The molecular weight excluding hydrogens is 238 g/mol. The second kappa shape index (κ2) is 5.14. The zero-order valence-corrected chi connectivity index (χ0v) is 10.7. The number of aromatic nitrogens is 2. The maximum atomic E-state index is 5.87. The predicted molar refractivity (Wildman–Crippen MR) is 77.3 cm³/mol. The summed E-state index contributed by atoms with van der Waals surface area (Å²) in [5.74, 6) is 1.31. The molecule has 1 aliphatic rings. The van der Waals surface area contributed by atoms with Gasteiger partial charge in [-0.25, -0.2) is 9.97 Å². The lowest BCUT2D eigenvalue weighted by atomic mass is 10.2. The third kappa shape index (κ3) is 2.45. The van der Waals surface area contributed by atoms with Crippen LogP contribution in [0, 0.1) is 0 Å². The molecule has 0 aliphatic carbocycles. The van der Waals surface area contributed by atoms with Gasteiger partial charge in [-0.1, -0.05) is 18.2 Å². The van der Waals surface area contributed by atoms with E-state index in [0.717, 1.165) is 32.0 Å². The third-order valence-electron chi connectivity index (χ3n) is 3.41. The third-order valence-corrected chi connectivity index (χ3v) is 3.41. The van der Waals surface area contributed by atoms with E-state index in [2.05, 4.69) is 44.0 Å². The van der Waals surface area contributed by atoms with Gasteiger partial charge in [0.25, 0.3) is 0 Å². The summed E-state index contributed by atoms with van der Waals surface area (Å²) < 4.78 is 0. The Labute approximate surface area is 112 Å². The Kier molecular flexibility index (Phi) is 3.18. The number of nitrogens with zero attached hydrogens (tertiary/aromatic N) is 4. The molecule has 3 rings (SSSR count). The smallest absolute Gasteiger partial charge is 0.171 e. The average Bonchev–Trinajstić information content (AvgIpc) is 2.49. The molecule has 1 saturated heterocycles. The molecule has 2 aromatic rings. The van der Waals surface area contributed by atoms with Crippen molar-refractivity contribution in [2.45, 2.75) is 0 Å². The van der Waals surface area contributed by atoms with Crippen LogP contribution in [0.1, 0.15) is 0 Å². The van der Waals surface area contributed by atoms with E-state index < -0.39 is 0 Å². The second-order valence-electron chi connectivity index (χ2n) is 4.57. The molecule has 2 heterocycles. The fourth-order valence-electron chi connectivity index (χ4n) is 2.40. The summed E-state index contributed by atoms with van der Waals surface area (Å²) in [4.78, 5) is 13.0. The van der Waals surface area contributed by atoms with E-state index >= 15 is 0 Å². The minimum Gasteiger partial charge on any atom is -0.381 e. The van der Waals surface area contributed by atoms with Crippen LogP contribution in [-0.2, 0) is 0 Å². The SMILES string of the molecule is Nc1nccnc1N1CCN(c2ccccc2)CC1. The van der Waals surface area contributed by atoms with E-state index in [0.29, 0.717) is 5.82 Å². The topological polar surface area (TPSA) is 58.3 Å². The monoisotopic (exact) mass is 255 g/mol. The summed E-state index contributed by atoms with van der Waals surface area (Å²) >= 11 is 0. The van der Waals surface area contributed by atoms with Gasteiger partial charge in [-0.3, -0.25) is 0 Å². The predicted octanol–water partition coefficient (Wildman–Crippen LogP) is 1.39. The fourth-order valence-corrected chi connectivity index (χ4v) is 2.40. The second-order valence-corrected chi connectivity index (χ2v) is 4.57. The molecule has 5 nitrogen and oxygen atoms in total. The molecule has 0 radical (unpaired) electrons. The number of nitrogen functional groups attached to an aromatic ring is 1. The number of benzene rings is 1. The summed E-state index contributed by atoms with van der Waals surface area (Å²) in [5, 5.41) is 0.